The summed E-state index contributed by atoms with van der Waals surface area (Å²) in [5, 5.41) is 10.8. The number of hydrogen-bond acceptors (Lipinski definition) is 3. The number of nitrogens with zero attached hydrogens (tertiary/aromatic N) is 2. The minimum atomic E-state index is -0.636. The molecule has 6 nitrogen and oxygen atoms in total. The second kappa shape index (κ2) is 10.6. The van der Waals surface area contributed by atoms with E-state index in [0.29, 0.717) is 23.6 Å². The highest BCUT2D eigenvalue weighted by atomic mass is 35.5. The van der Waals surface area contributed by atoms with Gasteiger partial charge in [-0.05, 0) is 56.9 Å². The number of carbonyl (C=O) groups excluding carboxylic acids is 2. The molecular weight excluding hydrogens is 411 g/mol. The van der Waals surface area contributed by atoms with E-state index < -0.39 is 11.9 Å². The molecule has 2 rings (SSSR count). The van der Waals surface area contributed by atoms with Gasteiger partial charge in [-0.25, -0.2) is 0 Å². The van der Waals surface area contributed by atoms with Crippen molar-refractivity contribution in [2.45, 2.75) is 53.1 Å². The lowest BCUT2D eigenvalue weighted by Crippen LogP contribution is -2.47. The van der Waals surface area contributed by atoms with Crippen molar-refractivity contribution in [1.82, 2.24) is 20.4 Å². The van der Waals surface area contributed by atoms with Gasteiger partial charge in [-0.2, -0.15) is 5.10 Å². The third kappa shape index (κ3) is 7.05. The molecule has 0 aliphatic heterocycles. The predicted molar refractivity (Wildman–Crippen MR) is 116 cm³/mol. The molecule has 8 heteroatoms. The Morgan fingerprint density at radius 2 is 1.90 bits per heavy atom. The Kier molecular flexibility index (Phi) is 8.53. The first-order chi connectivity index (χ1) is 13.7. The zero-order chi connectivity index (χ0) is 21.6. The molecule has 1 atom stereocenters. The van der Waals surface area contributed by atoms with Crippen LogP contribution in [0.5, 0.6) is 0 Å². The van der Waals surface area contributed by atoms with E-state index in [1.54, 1.807) is 12.1 Å². The zero-order valence-corrected chi connectivity index (χ0v) is 18.8. The first kappa shape index (κ1) is 23.2. The fourth-order valence-electron chi connectivity index (χ4n) is 3.08. The SMILES string of the molecule is Cc1cc(C)n(CCCNC(=O)C(CC(C)C)NC(=O)c2ccc(Cl)cc2Cl)n1. The number of carbonyl (C=O) groups is 2. The van der Waals surface area contributed by atoms with Crippen LogP contribution in [0.1, 0.15) is 48.4 Å². The van der Waals surface area contributed by atoms with Crippen molar-refractivity contribution in [3.63, 3.8) is 0 Å². The molecule has 1 heterocycles. The van der Waals surface area contributed by atoms with Crippen molar-refractivity contribution < 1.29 is 9.59 Å². The summed E-state index contributed by atoms with van der Waals surface area (Å²) in [6.07, 6.45) is 1.28. The van der Waals surface area contributed by atoms with Crippen LogP contribution >= 0.6 is 23.2 Å². The fourth-order valence-corrected chi connectivity index (χ4v) is 3.57. The highest BCUT2D eigenvalue weighted by Crippen LogP contribution is 2.21. The van der Waals surface area contributed by atoms with E-state index >= 15 is 0 Å². The van der Waals surface area contributed by atoms with Crippen LogP contribution in [0.15, 0.2) is 24.3 Å². The van der Waals surface area contributed by atoms with Gasteiger partial charge in [-0.1, -0.05) is 37.0 Å². The van der Waals surface area contributed by atoms with E-state index in [9.17, 15) is 9.59 Å². The summed E-state index contributed by atoms with van der Waals surface area (Å²) in [4.78, 5) is 25.3. The Morgan fingerprint density at radius 3 is 2.48 bits per heavy atom. The maximum absolute atomic E-state index is 12.7. The quantitative estimate of drug-likeness (QED) is 0.577. The molecule has 0 saturated carbocycles. The van der Waals surface area contributed by atoms with Gasteiger partial charge in [-0.15, -0.1) is 0 Å². The molecule has 1 aromatic carbocycles. The fraction of sp³-hybridized carbons (Fsp3) is 0.476. The molecule has 0 saturated heterocycles. The number of amides is 2. The van der Waals surface area contributed by atoms with Crippen molar-refractivity contribution in [2.24, 2.45) is 5.92 Å². The molecule has 0 bridgehead atoms. The average molecular weight is 439 g/mol. The van der Waals surface area contributed by atoms with Crippen LogP contribution in [0.25, 0.3) is 0 Å². The minimum Gasteiger partial charge on any atom is -0.354 e. The smallest absolute Gasteiger partial charge is 0.253 e. The summed E-state index contributed by atoms with van der Waals surface area (Å²) in [5.41, 5.74) is 2.37. The number of rotatable bonds is 9. The molecule has 1 unspecified atom stereocenters. The van der Waals surface area contributed by atoms with Crippen molar-refractivity contribution >= 4 is 35.0 Å². The van der Waals surface area contributed by atoms with Crippen molar-refractivity contribution in [3.8, 4) is 0 Å². The molecule has 2 amide bonds. The molecule has 2 aromatic rings. The molecule has 29 heavy (non-hydrogen) atoms. The van der Waals surface area contributed by atoms with Crippen LogP contribution in [-0.4, -0.2) is 34.2 Å². The van der Waals surface area contributed by atoms with E-state index in [0.717, 1.165) is 24.4 Å². The van der Waals surface area contributed by atoms with Crippen LogP contribution < -0.4 is 10.6 Å². The third-order valence-electron chi connectivity index (χ3n) is 4.45. The normalized spacial score (nSPS) is 12.1. The maximum atomic E-state index is 12.7. The van der Waals surface area contributed by atoms with Gasteiger partial charge in [0.1, 0.15) is 6.04 Å². The minimum absolute atomic E-state index is 0.203. The lowest BCUT2D eigenvalue weighted by Gasteiger charge is -2.20. The first-order valence-corrected chi connectivity index (χ1v) is 10.5. The van der Waals surface area contributed by atoms with Gasteiger partial charge in [0.2, 0.25) is 5.91 Å². The Bertz CT molecular complexity index is 864. The monoisotopic (exact) mass is 438 g/mol. The zero-order valence-electron chi connectivity index (χ0n) is 17.3. The summed E-state index contributed by atoms with van der Waals surface area (Å²) in [5.74, 6) is -0.359. The van der Waals surface area contributed by atoms with Gasteiger partial charge < -0.3 is 10.6 Å². The molecule has 0 aliphatic carbocycles. The Morgan fingerprint density at radius 1 is 1.17 bits per heavy atom. The molecule has 1 aromatic heterocycles. The number of nitrogens with one attached hydrogen (secondary N) is 2. The largest absolute Gasteiger partial charge is 0.354 e. The van der Waals surface area contributed by atoms with Gasteiger partial charge in [-0.3, -0.25) is 14.3 Å². The second-order valence-corrected chi connectivity index (χ2v) is 8.42. The number of aryl methyl sites for hydroxylation is 3. The van der Waals surface area contributed by atoms with E-state index in [4.69, 9.17) is 23.2 Å². The highest BCUT2D eigenvalue weighted by molar-refractivity contribution is 6.36. The van der Waals surface area contributed by atoms with Crippen LogP contribution in [0.2, 0.25) is 10.0 Å². The molecule has 2 N–H and O–H groups in total. The van der Waals surface area contributed by atoms with Crippen molar-refractivity contribution in [2.75, 3.05) is 6.54 Å². The van der Waals surface area contributed by atoms with Gasteiger partial charge in [0.25, 0.3) is 5.91 Å². The number of aromatic nitrogens is 2. The molecule has 0 spiro atoms. The third-order valence-corrected chi connectivity index (χ3v) is 5.00. The van der Waals surface area contributed by atoms with Gasteiger partial charge in [0.15, 0.2) is 0 Å². The Labute approximate surface area is 182 Å². The first-order valence-electron chi connectivity index (χ1n) is 9.72. The summed E-state index contributed by atoms with van der Waals surface area (Å²) in [7, 11) is 0. The van der Waals surface area contributed by atoms with Gasteiger partial charge in [0.05, 0.1) is 16.3 Å². The Hall–Kier alpha value is -2.05. The Balaban J connectivity index is 1.93. The number of hydrogen-bond donors (Lipinski definition) is 2. The van der Waals surface area contributed by atoms with E-state index in [2.05, 4.69) is 15.7 Å². The van der Waals surface area contributed by atoms with E-state index in [1.807, 2.05) is 38.4 Å². The summed E-state index contributed by atoms with van der Waals surface area (Å²) in [6, 6.07) is 6.05. The standard InChI is InChI=1S/C21H28Cl2N4O2/c1-13(2)10-19(25-20(28)17-7-6-16(22)12-18(17)23)21(29)24-8-5-9-27-15(4)11-14(3)26-27/h6-7,11-13,19H,5,8-10H2,1-4H3,(H,24,29)(H,25,28). The van der Waals surface area contributed by atoms with Crippen LogP contribution in [0.4, 0.5) is 0 Å². The molecule has 0 fully saturated rings. The van der Waals surface area contributed by atoms with Gasteiger partial charge in [0, 0.05) is 23.8 Å². The molecule has 158 valence electrons. The number of halogens is 2. The van der Waals surface area contributed by atoms with Crippen LogP contribution in [0, 0.1) is 19.8 Å². The maximum Gasteiger partial charge on any atom is 0.253 e. The second-order valence-electron chi connectivity index (χ2n) is 7.57. The topological polar surface area (TPSA) is 76.0 Å². The summed E-state index contributed by atoms with van der Waals surface area (Å²) >= 11 is 12.0. The predicted octanol–water partition coefficient (Wildman–Crippen LogP) is 4.16. The van der Waals surface area contributed by atoms with Crippen molar-refractivity contribution in [1.29, 1.82) is 0 Å². The summed E-state index contributed by atoms with van der Waals surface area (Å²) in [6.45, 7) is 9.20. The van der Waals surface area contributed by atoms with Gasteiger partial charge >= 0.3 is 0 Å². The molecule has 0 aliphatic rings. The van der Waals surface area contributed by atoms with Crippen LogP contribution in [-0.2, 0) is 11.3 Å². The molecule has 0 radical (unpaired) electrons. The lowest BCUT2D eigenvalue weighted by molar-refractivity contribution is -0.123. The average Bonchev–Trinajstić information content (AvgIpc) is 2.94. The van der Waals surface area contributed by atoms with Crippen molar-refractivity contribution in [3.05, 3.63) is 51.3 Å². The summed E-state index contributed by atoms with van der Waals surface area (Å²) < 4.78 is 1.93. The van der Waals surface area contributed by atoms with Crippen LogP contribution in [0.3, 0.4) is 0 Å². The number of benzene rings is 1. The highest BCUT2D eigenvalue weighted by Gasteiger charge is 2.23. The lowest BCUT2D eigenvalue weighted by atomic mass is 10.0. The van der Waals surface area contributed by atoms with E-state index in [1.165, 1.54) is 6.07 Å². The molecular formula is C21H28Cl2N4O2. The van der Waals surface area contributed by atoms with E-state index in [-0.39, 0.29) is 16.8 Å².